The number of piperidine rings is 1. The van der Waals surface area contributed by atoms with E-state index in [1.54, 1.807) is 7.11 Å². The fourth-order valence-electron chi connectivity index (χ4n) is 2.82. The van der Waals surface area contributed by atoms with Crippen molar-refractivity contribution >= 4 is 11.6 Å². The zero-order valence-electron chi connectivity index (χ0n) is 12.4. The van der Waals surface area contributed by atoms with Gasteiger partial charge in [0.05, 0.1) is 12.0 Å². The Labute approximate surface area is 120 Å². The van der Waals surface area contributed by atoms with Crippen molar-refractivity contribution in [2.24, 2.45) is 5.41 Å². The van der Waals surface area contributed by atoms with Crippen molar-refractivity contribution in [3.05, 3.63) is 29.8 Å². The number of rotatable bonds is 5. The molecule has 0 bridgehead atoms. The maximum absolute atomic E-state index is 12.7. The Kier molecular flexibility index (Phi) is 5.15. The van der Waals surface area contributed by atoms with Crippen molar-refractivity contribution in [2.45, 2.75) is 26.2 Å². The van der Waals surface area contributed by atoms with Gasteiger partial charge in [0.2, 0.25) is 5.91 Å². The molecule has 4 heteroatoms. The average Bonchev–Trinajstić information content (AvgIpc) is 2.49. The van der Waals surface area contributed by atoms with Gasteiger partial charge in [-0.3, -0.25) is 4.79 Å². The normalized spacial score (nSPS) is 17.7. The van der Waals surface area contributed by atoms with Gasteiger partial charge in [-0.1, -0.05) is 25.1 Å². The van der Waals surface area contributed by atoms with E-state index in [0.29, 0.717) is 6.61 Å². The lowest BCUT2D eigenvalue weighted by atomic mass is 9.78. The summed E-state index contributed by atoms with van der Waals surface area (Å²) in [4.78, 5) is 12.7. The van der Waals surface area contributed by atoms with Crippen molar-refractivity contribution in [1.82, 2.24) is 5.32 Å². The second kappa shape index (κ2) is 6.86. The Balaban J connectivity index is 2.16. The number of para-hydroxylation sites is 1. The van der Waals surface area contributed by atoms with Crippen LogP contribution in [0.25, 0.3) is 0 Å². The summed E-state index contributed by atoms with van der Waals surface area (Å²) < 4.78 is 5.31. The monoisotopic (exact) mass is 276 g/mol. The molecule has 2 rings (SSSR count). The largest absolute Gasteiger partial charge is 0.384 e. The summed E-state index contributed by atoms with van der Waals surface area (Å²) in [5.74, 6) is 0.0850. The number of benzene rings is 1. The van der Waals surface area contributed by atoms with E-state index in [2.05, 4.69) is 23.6 Å². The zero-order valence-corrected chi connectivity index (χ0v) is 12.4. The van der Waals surface area contributed by atoms with Gasteiger partial charge < -0.3 is 15.4 Å². The van der Waals surface area contributed by atoms with Crippen molar-refractivity contribution in [3.63, 3.8) is 0 Å². The number of anilines is 1. The minimum absolute atomic E-state index is 0.0850. The van der Waals surface area contributed by atoms with Crippen LogP contribution >= 0.6 is 0 Å². The Hall–Kier alpha value is -1.39. The van der Waals surface area contributed by atoms with Crippen molar-refractivity contribution in [1.29, 1.82) is 0 Å². The van der Waals surface area contributed by atoms with E-state index >= 15 is 0 Å². The fourth-order valence-corrected chi connectivity index (χ4v) is 2.82. The number of aryl methyl sites for hydroxylation is 1. The van der Waals surface area contributed by atoms with Gasteiger partial charge in [-0.25, -0.2) is 0 Å². The SMILES string of the molecule is CCc1ccccc1NC(=O)C1(COC)CCNCC1. The molecule has 1 amide bonds. The van der Waals surface area contributed by atoms with E-state index in [1.165, 1.54) is 5.56 Å². The highest BCUT2D eigenvalue weighted by atomic mass is 16.5. The maximum Gasteiger partial charge on any atom is 0.233 e. The predicted molar refractivity (Wildman–Crippen MR) is 80.9 cm³/mol. The molecule has 1 heterocycles. The smallest absolute Gasteiger partial charge is 0.233 e. The molecular formula is C16H24N2O2. The molecule has 0 aliphatic carbocycles. The Morgan fingerprint density at radius 1 is 1.35 bits per heavy atom. The molecule has 0 aromatic heterocycles. The first-order chi connectivity index (χ1) is 9.72. The van der Waals surface area contributed by atoms with Gasteiger partial charge in [-0.05, 0) is 44.0 Å². The number of methoxy groups -OCH3 is 1. The van der Waals surface area contributed by atoms with Crippen molar-refractivity contribution in [3.8, 4) is 0 Å². The van der Waals surface area contributed by atoms with E-state index in [4.69, 9.17) is 4.74 Å². The van der Waals surface area contributed by atoms with Crippen LogP contribution in [0.4, 0.5) is 5.69 Å². The first-order valence-electron chi connectivity index (χ1n) is 7.31. The van der Waals surface area contributed by atoms with Gasteiger partial charge in [0.15, 0.2) is 0 Å². The first-order valence-corrected chi connectivity index (χ1v) is 7.31. The first kappa shape index (κ1) is 15.0. The number of hydrogen-bond donors (Lipinski definition) is 2. The maximum atomic E-state index is 12.7. The number of ether oxygens (including phenoxy) is 1. The average molecular weight is 276 g/mol. The number of nitrogens with one attached hydrogen (secondary N) is 2. The molecule has 1 fully saturated rings. The molecule has 0 unspecified atom stereocenters. The van der Waals surface area contributed by atoms with Gasteiger partial charge in [-0.15, -0.1) is 0 Å². The molecule has 20 heavy (non-hydrogen) atoms. The molecule has 0 radical (unpaired) electrons. The summed E-state index contributed by atoms with van der Waals surface area (Å²) in [7, 11) is 1.66. The lowest BCUT2D eigenvalue weighted by Gasteiger charge is -2.35. The second-order valence-corrected chi connectivity index (χ2v) is 5.43. The van der Waals surface area contributed by atoms with E-state index in [9.17, 15) is 4.79 Å². The molecule has 1 aliphatic heterocycles. The molecule has 0 atom stereocenters. The summed E-state index contributed by atoms with van der Waals surface area (Å²) in [6, 6.07) is 7.99. The molecule has 1 aliphatic rings. The molecular weight excluding hydrogens is 252 g/mol. The molecule has 2 N–H and O–H groups in total. The van der Waals surface area contributed by atoms with Crippen LogP contribution in [0.15, 0.2) is 24.3 Å². The lowest BCUT2D eigenvalue weighted by Crippen LogP contribution is -2.47. The van der Waals surface area contributed by atoms with Crippen LogP contribution in [-0.4, -0.2) is 32.7 Å². The summed E-state index contributed by atoms with van der Waals surface area (Å²) in [6.07, 6.45) is 2.55. The third-order valence-corrected chi connectivity index (χ3v) is 4.11. The van der Waals surface area contributed by atoms with Crippen LogP contribution in [0.2, 0.25) is 0 Å². The van der Waals surface area contributed by atoms with Gasteiger partial charge in [0, 0.05) is 12.8 Å². The van der Waals surface area contributed by atoms with Crippen LogP contribution in [0, 0.1) is 5.41 Å². The highest BCUT2D eigenvalue weighted by Gasteiger charge is 2.39. The second-order valence-electron chi connectivity index (χ2n) is 5.43. The third-order valence-electron chi connectivity index (χ3n) is 4.11. The van der Waals surface area contributed by atoms with Crippen LogP contribution in [-0.2, 0) is 16.0 Å². The topological polar surface area (TPSA) is 50.4 Å². The quantitative estimate of drug-likeness (QED) is 0.867. The summed E-state index contributed by atoms with van der Waals surface area (Å²) in [6.45, 7) is 4.31. The predicted octanol–water partition coefficient (Wildman–Crippen LogP) is 2.20. The highest BCUT2D eigenvalue weighted by Crippen LogP contribution is 2.31. The fraction of sp³-hybridized carbons (Fsp3) is 0.562. The lowest BCUT2D eigenvalue weighted by molar-refractivity contribution is -0.130. The van der Waals surface area contributed by atoms with Crippen molar-refractivity contribution < 1.29 is 9.53 Å². The summed E-state index contributed by atoms with van der Waals surface area (Å²) in [5, 5.41) is 6.41. The van der Waals surface area contributed by atoms with E-state index in [1.807, 2.05) is 18.2 Å². The van der Waals surface area contributed by atoms with E-state index in [0.717, 1.165) is 38.0 Å². The minimum atomic E-state index is -0.402. The van der Waals surface area contributed by atoms with Gasteiger partial charge >= 0.3 is 0 Å². The van der Waals surface area contributed by atoms with Crippen LogP contribution < -0.4 is 10.6 Å². The number of carbonyl (C=O) groups is 1. The standard InChI is InChI=1S/C16H24N2O2/c1-3-13-6-4-5-7-14(13)18-15(19)16(12-20-2)8-10-17-11-9-16/h4-7,17H,3,8-12H2,1-2H3,(H,18,19). The van der Waals surface area contributed by atoms with E-state index in [-0.39, 0.29) is 5.91 Å². The number of hydrogen-bond acceptors (Lipinski definition) is 3. The summed E-state index contributed by atoms with van der Waals surface area (Å²) in [5.41, 5.74) is 1.69. The number of carbonyl (C=O) groups excluding carboxylic acids is 1. The van der Waals surface area contributed by atoms with E-state index < -0.39 is 5.41 Å². The molecule has 4 nitrogen and oxygen atoms in total. The Bertz CT molecular complexity index is 448. The third kappa shape index (κ3) is 3.19. The highest BCUT2D eigenvalue weighted by molar-refractivity contribution is 5.96. The van der Waals surface area contributed by atoms with Crippen LogP contribution in [0.5, 0.6) is 0 Å². The van der Waals surface area contributed by atoms with Crippen LogP contribution in [0.3, 0.4) is 0 Å². The molecule has 1 aromatic carbocycles. The molecule has 1 saturated heterocycles. The molecule has 0 saturated carbocycles. The zero-order chi connectivity index (χ0) is 14.4. The Morgan fingerprint density at radius 2 is 2.05 bits per heavy atom. The van der Waals surface area contributed by atoms with Crippen LogP contribution in [0.1, 0.15) is 25.3 Å². The molecule has 1 aromatic rings. The summed E-state index contributed by atoms with van der Waals surface area (Å²) >= 11 is 0. The van der Waals surface area contributed by atoms with Gasteiger partial charge in [0.25, 0.3) is 0 Å². The van der Waals surface area contributed by atoms with Crippen molar-refractivity contribution in [2.75, 3.05) is 32.1 Å². The number of amides is 1. The minimum Gasteiger partial charge on any atom is -0.384 e. The van der Waals surface area contributed by atoms with Gasteiger partial charge in [0.1, 0.15) is 0 Å². The Morgan fingerprint density at radius 3 is 2.70 bits per heavy atom. The molecule has 0 spiro atoms. The van der Waals surface area contributed by atoms with Gasteiger partial charge in [-0.2, -0.15) is 0 Å². The molecule has 110 valence electrons.